The van der Waals surface area contributed by atoms with Gasteiger partial charge in [0.05, 0.1) is 17.9 Å². The number of rotatable bonds is 2. The fraction of sp³-hybridized carbons (Fsp3) is 0.333. The second-order valence-electron chi connectivity index (χ2n) is 5.76. The summed E-state index contributed by atoms with van der Waals surface area (Å²) >= 11 is 0. The summed E-state index contributed by atoms with van der Waals surface area (Å²) in [7, 11) is 0. The first kappa shape index (κ1) is 15.3. The maximum atomic E-state index is 9.61. The molecule has 3 rings (SSSR count). The molecule has 1 aromatic heterocycles. The van der Waals surface area contributed by atoms with Crippen LogP contribution in [0.5, 0.6) is 0 Å². The van der Waals surface area contributed by atoms with Crippen LogP contribution in [0.4, 0.5) is 11.8 Å². The number of hydrogen-bond donors (Lipinski definition) is 3. The van der Waals surface area contributed by atoms with Crippen LogP contribution >= 0.6 is 0 Å². The van der Waals surface area contributed by atoms with Crippen molar-refractivity contribution in [2.75, 3.05) is 11.1 Å². The highest BCUT2D eigenvalue weighted by Gasteiger charge is 2.20. The van der Waals surface area contributed by atoms with E-state index in [9.17, 15) is 5.11 Å². The third kappa shape index (κ3) is 4.21. The highest BCUT2D eigenvalue weighted by molar-refractivity contribution is 5.57. The number of nitrogens with one attached hydrogen (secondary N) is 1. The average Bonchev–Trinajstić information content (AvgIpc) is 2.57. The molecular weight excluding hydrogens is 288 g/mol. The summed E-state index contributed by atoms with van der Waals surface area (Å²) in [5.41, 5.74) is 7.38. The lowest BCUT2D eigenvalue weighted by atomic mass is 9.93. The first-order valence-electron chi connectivity index (χ1n) is 7.85. The zero-order valence-corrected chi connectivity index (χ0v) is 12.9. The summed E-state index contributed by atoms with van der Waals surface area (Å²) < 4.78 is 0. The molecule has 1 saturated carbocycles. The van der Waals surface area contributed by atoms with Crippen molar-refractivity contribution in [1.29, 1.82) is 0 Å². The number of benzene rings is 1. The molecule has 0 amide bonds. The maximum absolute atomic E-state index is 9.61. The summed E-state index contributed by atoms with van der Waals surface area (Å²) in [5, 5.41) is 13.0. The van der Waals surface area contributed by atoms with Gasteiger partial charge in [0, 0.05) is 11.6 Å². The topological polar surface area (TPSA) is 84.1 Å². The number of nitrogen functional groups attached to an aromatic ring is 1. The summed E-state index contributed by atoms with van der Waals surface area (Å²) in [6.07, 6.45) is 4.92. The minimum atomic E-state index is -0.180. The van der Waals surface area contributed by atoms with E-state index in [1.165, 1.54) is 0 Å². The van der Waals surface area contributed by atoms with Gasteiger partial charge in [-0.05, 0) is 37.8 Å². The molecule has 1 fully saturated rings. The SMILES string of the molecule is Nc1ncc(C#Cc2ccccc2)c(NC2CCC(O)CC2)n1. The van der Waals surface area contributed by atoms with Gasteiger partial charge in [0.1, 0.15) is 5.82 Å². The van der Waals surface area contributed by atoms with Crippen LogP contribution in [0, 0.1) is 11.8 Å². The molecule has 1 heterocycles. The minimum absolute atomic E-state index is 0.180. The molecular formula is C18H20N4O. The van der Waals surface area contributed by atoms with Crippen molar-refractivity contribution in [2.45, 2.75) is 37.8 Å². The molecule has 0 saturated heterocycles. The van der Waals surface area contributed by atoms with Gasteiger partial charge in [-0.25, -0.2) is 4.98 Å². The number of anilines is 2. The zero-order chi connectivity index (χ0) is 16.1. The molecule has 0 aliphatic heterocycles. The summed E-state index contributed by atoms with van der Waals surface area (Å²) in [6.45, 7) is 0. The Morgan fingerprint density at radius 2 is 1.83 bits per heavy atom. The van der Waals surface area contributed by atoms with Crippen molar-refractivity contribution < 1.29 is 5.11 Å². The zero-order valence-electron chi connectivity index (χ0n) is 12.9. The van der Waals surface area contributed by atoms with Gasteiger partial charge in [0.25, 0.3) is 0 Å². The van der Waals surface area contributed by atoms with Crippen LogP contribution in [0.1, 0.15) is 36.8 Å². The molecule has 0 unspecified atom stereocenters. The Kier molecular flexibility index (Phi) is 4.74. The van der Waals surface area contributed by atoms with E-state index in [2.05, 4.69) is 27.1 Å². The van der Waals surface area contributed by atoms with Gasteiger partial charge in [0.15, 0.2) is 0 Å². The number of nitrogens with zero attached hydrogens (tertiary/aromatic N) is 2. The van der Waals surface area contributed by atoms with Crippen LogP contribution in [-0.2, 0) is 0 Å². The van der Waals surface area contributed by atoms with Gasteiger partial charge in [-0.3, -0.25) is 0 Å². The third-order valence-corrected chi connectivity index (χ3v) is 3.96. The Labute approximate surface area is 136 Å². The van der Waals surface area contributed by atoms with Gasteiger partial charge >= 0.3 is 0 Å². The predicted octanol–water partition coefficient (Wildman–Crippen LogP) is 2.17. The number of nitrogens with two attached hydrogens (primary N) is 1. The molecule has 4 N–H and O–H groups in total. The van der Waals surface area contributed by atoms with Crippen LogP contribution < -0.4 is 11.1 Å². The molecule has 118 valence electrons. The molecule has 2 aromatic rings. The highest BCUT2D eigenvalue weighted by atomic mass is 16.3. The average molecular weight is 308 g/mol. The molecule has 1 aliphatic carbocycles. The second-order valence-corrected chi connectivity index (χ2v) is 5.76. The molecule has 0 spiro atoms. The molecule has 23 heavy (non-hydrogen) atoms. The van der Waals surface area contributed by atoms with Gasteiger partial charge in [-0.1, -0.05) is 30.0 Å². The first-order valence-corrected chi connectivity index (χ1v) is 7.85. The molecule has 5 heteroatoms. The Morgan fingerprint density at radius 1 is 1.09 bits per heavy atom. The van der Waals surface area contributed by atoms with Crippen molar-refractivity contribution in [3.8, 4) is 11.8 Å². The van der Waals surface area contributed by atoms with Crippen molar-refractivity contribution in [1.82, 2.24) is 9.97 Å². The number of hydrogen-bond acceptors (Lipinski definition) is 5. The van der Waals surface area contributed by atoms with E-state index in [4.69, 9.17) is 5.73 Å². The standard InChI is InChI=1S/C18H20N4O/c19-18-20-12-14(7-6-13-4-2-1-3-5-13)17(22-18)21-15-8-10-16(23)11-9-15/h1-5,12,15-16,23H,8-11H2,(H3,19,20,21,22). The molecule has 0 atom stereocenters. The lowest BCUT2D eigenvalue weighted by Crippen LogP contribution is -2.29. The van der Waals surface area contributed by atoms with Gasteiger partial charge in [-0.2, -0.15) is 4.98 Å². The summed E-state index contributed by atoms with van der Waals surface area (Å²) in [6, 6.07) is 10.1. The molecule has 0 radical (unpaired) electrons. The van der Waals surface area contributed by atoms with Crippen molar-refractivity contribution in [3.63, 3.8) is 0 Å². The quantitative estimate of drug-likeness (QED) is 0.741. The minimum Gasteiger partial charge on any atom is -0.393 e. The Balaban J connectivity index is 1.79. The number of aliphatic hydroxyl groups excluding tert-OH is 1. The van der Waals surface area contributed by atoms with Crippen molar-refractivity contribution in [3.05, 3.63) is 47.7 Å². The van der Waals surface area contributed by atoms with Crippen LogP contribution in [0.25, 0.3) is 0 Å². The number of aromatic nitrogens is 2. The molecule has 0 bridgehead atoms. The smallest absolute Gasteiger partial charge is 0.222 e. The maximum Gasteiger partial charge on any atom is 0.222 e. The fourth-order valence-corrected chi connectivity index (χ4v) is 2.67. The van der Waals surface area contributed by atoms with Crippen molar-refractivity contribution >= 4 is 11.8 Å². The van der Waals surface area contributed by atoms with E-state index in [-0.39, 0.29) is 18.1 Å². The molecule has 5 nitrogen and oxygen atoms in total. The van der Waals surface area contributed by atoms with Gasteiger partial charge in [0.2, 0.25) is 5.95 Å². The van der Waals surface area contributed by atoms with E-state index in [1.807, 2.05) is 30.3 Å². The van der Waals surface area contributed by atoms with Crippen LogP contribution in [0.2, 0.25) is 0 Å². The van der Waals surface area contributed by atoms with Crippen LogP contribution in [0.3, 0.4) is 0 Å². The summed E-state index contributed by atoms with van der Waals surface area (Å²) in [5.74, 6) is 7.13. The van der Waals surface area contributed by atoms with Crippen LogP contribution in [0.15, 0.2) is 36.5 Å². The van der Waals surface area contributed by atoms with E-state index in [0.29, 0.717) is 5.82 Å². The lowest BCUT2D eigenvalue weighted by Gasteiger charge is -2.26. The lowest BCUT2D eigenvalue weighted by molar-refractivity contribution is 0.126. The largest absolute Gasteiger partial charge is 0.393 e. The fourth-order valence-electron chi connectivity index (χ4n) is 2.67. The van der Waals surface area contributed by atoms with E-state index in [0.717, 1.165) is 36.8 Å². The van der Waals surface area contributed by atoms with E-state index in [1.54, 1.807) is 6.20 Å². The number of aliphatic hydroxyl groups is 1. The van der Waals surface area contributed by atoms with Crippen LogP contribution in [-0.4, -0.2) is 27.2 Å². The highest BCUT2D eigenvalue weighted by Crippen LogP contribution is 2.23. The molecule has 1 aromatic carbocycles. The Morgan fingerprint density at radius 3 is 2.57 bits per heavy atom. The van der Waals surface area contributed by atoms with Crippen molar-refractivity contribution in [2.24, 2.45) is 0 Å². The van der Waals surface area contributed by atoms with Gasteiger partial charge in [-0.15, -0.1) is 0 Å². The third-order valence-electron chi connectivity index (χ3n) is 3.96. The van der Waals surface area contributed by atoms with E-state index < -0.39 is 0 Å². The first-order chi connectivity index (χ1) is 11.2. The monoisotopic (exact) mass is 308 g/mol. The van der Waals surface area contributed by atoms with Gasteiger partial charge < -0.3 is 16.2 Å². The molecule has 1 aliphatic rings. The predicted molar refractivity (Wildman–Crippen MR) is 90.8 cm³/mol. The Hall–Kier alpha value is -2.58. The Bertz CT molecular complexity index is 713. The normalized spacial score (nSPS) is 20.4. The second kappa shape index (κ2) is 7.12. The van der Waals surface area contributed by atoms with E-state index >= 15 is 0 Å². The summed E-state index contributed by atoms with van der Waals surface area (Å²) in [4.78, 5) is 8.33.